The summed E-state index contributed by atoms with van der Waals surface area (Å²) in [4.78, 5) is 15.0. The second-order valence-electron chi connectivity index (χ2n) is 9.77. The van der Waals surface area contributed by atoms with E-state index in [9.17, 15) is 5.11 Å². The van der Waals surface area contributed by atoms with Gasteiger partial charge in [0.15, 0.2) is 11.6 Å². The number of benzene rings is 1. The van der Waals surface area contributed by atoms with Crippen molar-refractivity contribution in [1.82, 2.24) is 19.9 Å². The molecule has 41 heavy (non-hydrogen) atoms. The maximum atomic E-state index is 16.2. The number of halogens is 1. The van der Waals surface area contributed by atoms with Crippen molar-refractivity contribution in [2.75, 3.05) is 49.1 Å². The second-order valence-corrected chi connectivity index (χ2v) is 9.77. The Hall–Kier alpha value is -4.28. The summed E-state index contributed by atoms with van der Waals surface area (Å²) in [5, 5.41) is 12.9. The van der Waals surface area contributed by atoms with Crippen LogP contribution >= 0.6 is 0 Å². The van der Waals surface area contributed by atoms with Crippen LogP contribution in [0.1, 0.15) is 29.0 Å². The summed E-state index contributed by atoms with van der Waals surface area (Å²) in [5.74, 6) is -0.853. The van der Waals surface area contributed by atoms with Crippen molar-refractivity contribution in [3.63, 3.8) is 0 Å². The van der Waals surface area contributed by atoms with Crippen LogP contribution in [0.15, 0.2) is 67.1 Å². The van der Waals surface area contributed by atoms with Crippen LogP contribution in [-0.2, 0) is 5.60 Å². The minimum Gasteiger partial charge on any atom is -0.494 e. The molecule has 1 N–H and O–H groups in total. The molecule has 0 bridgehead atoms. The van der Waals surface area contributed by atoms with Crippen LogP contribution < -0.4 is 18.9 Å². The van der Waals surface area contributed by atoms with Gasteiger partial charge in [-0.25, -0.2) is 9.37 Å². The van der Waals surface area contributed by atoms with E-state index >= 15 is 4.39 Å². The first-order chi connectivity index (χ1) is 19.7. The van der Waals surface area contributed by atoms with Gasteiger partial charge >= 0.3 is 0 Å². The minimum absolute atomic E-state index is 0.0459. The fourth-order valence-corrected chi connectivity index (χ4v) is 4.93. The normalized spacial score (nSPS) is 13.4. The molecule has 9 nitrogen and oxygen atoms in total. The topological polar surface area (TPSA) is 99.1 Å². The van der Waals surface area contributed by atoms with Gasteiger partial charge in [-0.3, -0.25) is 4.98 Å². The van der Waals surface area contributed by atoms with Crippen molar-refractivity contribution < 1.29 is 28.4 Å². The van der Waals surface area contributed by atoms with Crippen LogP contribution in [0.4, 0.5) is 4.39 Å². The predicted octanol–water partition coefficient (Wildman–Crippen LogP) is 4.68. The maximum Gasteiger partial charge on any atom is 0.217 e. The van der Waals surface area contributed by atoms with Gasteiger partial charge in [0.2, 0.25) is 17.6 Å². The fraction of sp³-hybridized carbons (Fsp3) is 0.323. The standard InChI is InChI=1S/C31H35FN4O5/c1-36(2)15-12-31(37,22-17-26(39-4)35-27(18-22)40-5)28(23-8-7-9-25(38-3)29(23)32)24-16-21(19-34-30(24)41-6)20-10-13-33-14-11-20/h7-11,13-14,16-19,28,37H,12,15H2,1-6H3/t28-,31-/m1/s1. The molecule has 0 spiro atoms. The maximum absolute atomic E-state index is 16.2. The molecule has 0 amide bonds. The number of hydrogen-bond donors (Lipinski definition) is 1. The molecule has 0 aliphatic heterocycles. The molecule has 10 heteroatoms. The van der Waals surface area contributed by atoms with Crippen molar-refractivity contribution in [2.24, 2.45) is 0 Å². The highest BCUT2D eigenvalue weighted by molar-refractivity contribution is 5.65. The number of rotatable bonds is 12. The molecule has 3 aromatic heterocycles. The summed E-state index contributed by atoms with van der Waals surface area (Å²) < 4.78 is 38.2. The Labute approximate surface area is 239 Å². The highest BCUT2D eigenvalue weighted by Crippen LogP contribution is 2.49. The number of nitrogens with zero attached hydrogens (tertiary/aromatic N) is 4. The number of pyridine rings is 3. The van der Waals surface area contributed by atoms with E-state index in [0.717, 1.165) is 11.1 Å². The Balaban J connectivity index is 2.09. The van der Waals surface area contributed by atoms with Crippen molar-refractivity contribution in [1.29, 1.82) is 0 Å². The van der Waals surface area contributed by atoms with Gasteiger partial charge in [-0.05, 0) is 55.9 Å². The number of aromatic nitrogens is 3. The molecule has 0 aliphatic carbocycles. The van der Waals surface area contributed by atoms with Crippen LogP contribution in [-0.4, -0.2) is 74.0 Å². The molecule has 0 saturated heterocycles. The largest absolute Gasteiger partial charge is 0.494 e. The van der Waals surface area contributed by atoms with Crippen LogP contribution in [0.3, 0.4) is 0 Å². The molecule has 0 unspecified atom stereocenters. The lowest BCUT2D eigenvalue weighted by molar-refractivity contribution is 0.00229. The summed E-state index contributed by atoms with van der Waals surface area (Å²) in [5.41, 5.74) is 0.970. The molecule has 4 rings (SSSR count). The quantitative estimate of drug-likeness (QED) is 0.264. The van der Waals surface area contributed by atoms with Crippen LogP contribution in [0, 0.1) is 5.82 Å². The van der Waals surface area contributed by atoms with Crippen LogP contribution in [0.25, 0.3) is 11.1 Å². The zero-order valence-corrected chi connectivity index (χ0v) is 24.1. The fourth-order valence-electron chi connectivity index (χ4n) is 4.93. The first-order valence-corrected chi connectivity index (χ1v) is 13.0. The monoisotopic (exact) mass is 562 g/mol. The van der Waals surface area contributed by atoms with Gasteiger partial charge in [0.1, 0.15) is 5.60 Å². The first-order valence-electron chi connectivity index (χ1n) is 13.0. The Morgan fingerprint density at radius 2 is 1.56 bits per heavy atom. The van der Waals surface area contributed by atoms with E-state index in [1.807, 2.05) is 37.2 Å². The Bertz CT molecular complexity index is 1450. The Morgan fingerprint density at radius 3 is 2.15 bits per heavy atom. The van der Waals surface area contributed by atoms with E-state index < -0.39 is 17.3 Å². The van der Waals surface area contributed by atoms with Gasteiger partial charge in [-0.1, -0.05) is 12.1 Å². The summed E-state index contributed by atoms with van der Waals surface area (Å²) in [6.45, 7) is 0.464. The number of hydrogen-bond acceptors (Lipinski definition) is 9. The van der Waals surface area contributed by atoms with Crippen LogP contribution in [0.2, 0.25) is 0 Å². The molecule has 2 atom stereocenters. The SMILES string of the molecule is COc1cc([C@](O)(CCN(C)C)[C@@H](c2cc(-c3ccncc3)cnc2OC)c2cccc(OC)c2F)cc(OC)n1. The summed E-state index contributed by atoms with van der Waals surface area (Å²) in [7, 11) is 9.67. The molecule has 0 saturated carbocycles. The van der Waals surface area contributed by atoms with Crippen LogP contribution in [0.5, 0.6) is 23.4 Å². The summed E-state index contributed by atoms with van der Waals surface area (Å²) in [6, 6.07) is 13.7. The second kappa shape index (κ2) is 12.9. The van der Waals surface area contributed by atoms with Gasteiger partial charge in [0.05, 0.1) is 34.4 Å². The van der Waals surface area contributed by atoms with E-state index in [-0.39, 0.29) is 35.4 Å². The molecular weight excluding hydrogens is 527 g/mol. The molecule has 1 aromatic carbocycles. The Morgan fingerprint density at radius 1 is 0.878 bits per heavy atom. The number of aliphatic hydroxyl groups is 1. The molecule has 0 aliphatic rings. The lowest BCUT2D eigenvalue weighted by Crippen LogP contribution is -2.38. The van der Waals surface area contributed by atoms with E-state index in [0.29, 0.717) is 17.7 Å². The highest BCUT2D eigenvalue weighted by atomic mass is 19.1. The molecule has 4 aromatic rings. The summed E-state index contributed by atoms with van der Waals surface area (Å²) in [6.07, 6.45) is 5.23. The smallest absolute Gasteiger partial charge is 0.217 e. The van der Waals surface area contributed by atoms with Gasteiger partial charge in [0, 0.05) is 54.0 Å². The molecular formula is C31H35FN4O5. The van der Waals surface area contributed by atoms with E-state index in [1.54, 1.807) is 42.9 Å². The average Bonchev–Trinajstić information content (AvgIpc) is 3.01. The van der Waals surface area contributed by atoms with Gasteiger partial charge in [0.25, 0.3) is 0 Å². The molecule has 216 valence electrons. The van der Waals surface area contributed by atoms with E-state index in [2.05, 4.69) is 15.0 Å². The lowest BCUT2D eigenvalue weighted by Gasteiger charge is -2.39. The third-order valence-electron chi connectivity index (χ3n) is 7.04. The van der Waals surface area contributed by atoms with Gasteiger partial charge in [-0.15, -0.1) is 0 Å². The van der Waals surface area contributed by atoms with Gasteiger partial charge in [-0.2, -0.15) is 4.98 Å². The molecule has 0 radical (unpaired) electrons. The third-order valence-corrected chi connectivity index (χ3v) is 7.04. The average molecular weight is 563 g/mol. The predicted molar refractivity (Wildman–Crippen MR) is 153 cm³/mol. The lowest BCUT2D eigenvalue weighted by atomic mass is 9.71. The van der Waals surface area contributed by atoms with Crippen molar-refractivity contribution in [2.45, 2.75) is 17.9 Å². The molecule has 0 fully saturated rings. The Kier molecular flexibility index (Phi) is 9.36. The third kappa shape index (κ3) is 6.23. The van der Waals surface area contributed by atoms with E-state index in [4.69, 9.17) is 18.9 Å². The molecule has 3 heterocycles. The number of methoxy groups -OCH3 is 4. The van der Waals surface area contributed by atoms with Crippen molar-refractivity contribution >= 4 is 0 Å². The minimum atomic E-state index is -1.73. The summed E-state index contributed by atoms with van der Waals surface area (Å²) >= 11 is 0. The first kappa shape index (κ1) is 29.7. The van der Waals surface area contributed by atoms with Gasteiger partial charge < -0.3 is 29.0 Å². The highest BCUT2D eigenvalue weighted by Gasteiger charge is 2.44. The van der Waals surface area contributed by atoms with Crippen molar-refractivity contribution in [3.8, 4) is 34.5 Å². The zero-order chi connectivity index (χ0) is 29.6. The van der Waals surface area contributed by atoms with E-state index in [1.165, 1.54) is 34.5 Å². The zero-order valence-electron chi connectivity index (χ0n) is 24.1. The number of ether oxygens (including phenoxy) is 4. The van der Waals surface area contributed by atoms with Crippen molar-refractivity contribution in [3.05, 3.63) is 89.6 Å².